The van der Waals surface area contributed by atoms with Crippen molar-refractivity contribution in [2.45, 2.75) is 12.1 Å². The Labute approximate surface area is 139 Å². The van der Waals surface area contributed by atoms with Crippen LogP contribution in [0.15, 0.2) is 29.0 Å². The van der Waals surface area contributed by atoms with Gasteiger partial charge in [0.2, 0.25) is 10.7 Å². The van der Waals surface area contributed by atoms with Crippen LogP contribution in [0.3, 0.4) is 0 Å². The Balaban J connectivity index is 2.33. The van der Waals surface area contributed by atoms with Gasteiger partial charge >= 0.3 is 12.1 Å². The second kappa shape index (κ2) is 6.51. The minimum atomic E-state index is -5.00. The maximum absolute atomic E-state index is 12.4. The number of ether oxygens (including phenoxy) is 1. The molecule has 0 aliphatic rings. The summed E-state index contributed by atoms with van der Waals surface area (Å²) < 4.78 is 89.4. The highest BCUT2D eigenvalue weighted by Gasteiger charge is 2.31. The van der Waals surface area contributed by atoms with E-state index < -0.39 is 33.8 Å². The second-order valence-electron chi connectivity index (χ2n) is 4.07. The van der Waals surface area contributed by atoms with Crippen molar-refractivity contribution < 1.29 is 35.1 Å². The fourth-order valence-corrected chi connectivity index (χ4v) is 2.30. The van der Waals surface area contributed by atoms with Gasteiger partial charge in [-0.05, 0) is 40.2 Å². The fourth-order valence-electron chi connectivity index (χ4n) is 1.49. The van der Waals surface area contributed by atoms with Gasteiger partial charge < -0.3 is 4.74 Å². The average Bonchev–Trinajstić information content (AvgIpc) is 2.77. The zero-order valence-corrected chi connectivity index (χ0v) is 13.5. The van der Waals surface area contributed by atoms with Gasteiger partial charge in [-0.15, -0.1) is 18.3 Å². The van der Waals surface area contributed by atoms with Crippen LogP contribution in [0.1, 0.15) is 0 Å². The first-order valence-electron chi connectivity index (χ1n) is 5.76. The third kappa shape index (κ3) is 4.53. The van der Waals surface area contributed by atoms with Gasteiger partial charge in [0.25, 0.3) is 10.0 Å². The normalized spacial score (nSPS) is 12.5. The van der Waals surface area contributed by atoms with E-state index in [9.17, 15) is 30.4 Å². The number of nitrogens with one attached hydrogen (secondary N) is 1. The summed E-state index contributed by atoms with van der Waals surface area (Å²) in [4.78, 5) is 3.57. The Hall–Kier alpha value is -1.96. The molecule has 0 unspecified atom stereocenters. The van der Waals surface area contributed by atoms with Gasteiger partial charge in [0.1, 0.15) is 5.75 Å². The first-order valence-corrected chi connectivity index (χ1v) is 8.10. The Morgan fingerprint density at radius 1 is 1.21 bits per heavy atom. The lowest BCUT2D eigenvalue weighted by Gasteiger charge is -2.10. The van der Waals surface area contributed by atoms with Crippen molar-refractivity contribution in [1.82, 2.24) is 14.8 Å². The lowest BCUT2D eigenvalue weighted by molar-refractivity contribution is -0.274. The second-order valence-corrected chi connectivity index (χ2v) is 6.43. The molecule has 7 nitrogen and oxygen atoms in total. The molecule has 0 fully saturated rings. The predicted octanol–water partition coefficient (Wildman–Crippen LogP) is 2.89. The molecule has 0 saturated heterocycles. The molecular formula is C10H6BrF5N4O3S. The van der Waals surface area contributed by atoms with Crippen LogP contribution in [0.4, 0.5) is 27.9 Å². The van der Waals surface area contributed by atoms with Crippen LogP contribution in [-0.2, 0) is 10.0 Å². The molecule has 0 aliphatic carbocycles. The van der Waals surface area contributed by atoms with E-state index in [2.05, 4.69) is 30.7 Å². The van der Waals surface area contributed by atoms with Gasteiger partial charge in [0.05, 0.1) is 5.69 Å². The largest absolute Gasteiger partial charge is 0.573 e. The van der Waals surface area contributed by atoms with Crippen molar-refractivity contribution in [3.05, 3.63) is 29.0 Å². The Morgan fingerprint density at radius 2 is 1.79 bits per heavy atom. The van der Waals surface area contributed by atoms with Crippen LogP contribution in [0.2, 0.25) is 0 Å². The van der Waals surface area contributed by atoms with Crippen molar-refractivity contribution in [2.75, 3.05) is 4.72 Å². The molecule has 0 spiro atoms. The molecule has 2 aromatic rings. The number of hydrogen-bond donors (Lipinski definition) is 1. The predicted molar refractivity (Wildman–Crippen MR) is 74.3 cm³/mol. The minimum absolute atomic E-state index is 0.0506. The van der Waals surface area contributed by atoms with E-state index in [4.69, 9.17) is 0 Å². The minimum Gasteiger partial charge on any atom is -0.406 e. The van der Waals surface area contributed by atoms with Crippen LogP contribution < -0.4 is 9.46 Å². The number of aromatic nitrogens is 3. The summed E-state index contributed by atoms with van der Waals surface area (Å²) in [6.45, 7) is 0. The Bertz CT molecular complexity index is 822. The molecule has 2 rings (SSSR count). The Morgan fingerprint density at radius 3 is 2.29 bits per heavy atom. The van der Waals surface area contributed by atoms with E-state index in [-0.39, 0.29) is 10.4 Å². The molecule has 1 heterocycles. The van der Waals surface area contributed by atoms with E-state index in [1.54, 1.807) is 0 Å². The van der Waals surface area contributed by atoms with Crippen molar-refractivity contribution >= 4 is 31.9 Å². The van der Waals surface area contributed by atoms with Crippen molar-refractivity contribution in [2.24, 2.45) is 0 Å². The molecule has 0 aliphatic heterocycles. The van der Waals surface area contributed by atoms with Crippen LogP contribution in [0.25, 0.3) is 5.69 Å². The lowest BCUT2D eigenvalue weighted by atomic mass is 10.3. The van der Waals surface area contributed by atoms with E-state index in [0.29, 0.717) is 0 Å². The van der Waals surface area contributed by atoms with Gasteiger partial charge in [0, 0.05) is 0 Å². The summed E-state index contributed by atoms with van der Waals surface area (Å²) in [7, 11) is -5.00. The standard InChI is InChI=1S/C10H6BrF5N4O3S/c11-7-17-9(19-24(21,22)8(12)13)20(18-7)5-1-3-6(4-2-5)23-10(14,15)16/h1-4,8H,(H,17,18,19). The molecule has 14 heteroatoms. The number of nitrogens with zero attached hydrogens (tertiary/aromatic N) is 3. The molecule has 24 heavy (non-hydrogen) atoms. The molecule has 1 aromatic carbocycles. The summed E-state index contributed by atoms with van der Waals surface area (Å²) in [6.07, 6.45) is -4.88. The molecule has 0 bridgehead atoms. The quantitative estimate of drug-likeness (QED) is 0.728. The molecule has 0 radical (unpaired) electrons. The number of rotatable bonds is 5. The lowest BCUT2D eigenvalue weighted by Crippen LogP contribution is -2.22. The van der Waals surface area contributed by atoms with Gasteiger partial charge in [-0.2, -0.15) is 18.4 Å². The molecule has 132 valence electrons. The first kappa shape index (κ1) is 18.4. The fraction of sp³-hybridized carbons (Fsp3) is 0.200. The number of hydrogen-bond acceptors (Lipinski definition) is 5. The summed E-state index contributed by atoms with van der Waals surface area (Å²) >= 11 is 2.84. The van der Waals surface area contributed by atoms with E-state index in [0.717, 1.165) is 28.9 Å². The third-order valence-corrected chi connectivity index (χ3v) is 3.64. The average molecular weight is 437 g/mol. The summed E-state index contributed by atoms with van der Waals surface area (Å²) in [5.74, 6) is -4.81. The highest BCUT2D eigenvalue weighted by molar-refractivity contribution is 9.10. The third-order valence-electron chi connectivity index (χ3n) is 2.36. The van der Waals surface area contributed by atoms with Crippen LogP contribution >= 0.6 is 15.9 Å². The van der Waals surface area contributed by atoms with Crippen LogP contribution in [0.5, 0.6) is 5.75 Å². The highest BCUT2D eigenvalue weighted by Crippen LogP contribution is 2.25. The molecule has 0 saturated carbocycles. The topological polar surface area (TPSA) is 86.1 Å². The molecular weight excluding hydrogens is 431 g/mol. The number of anilines is 1. The van der Waals surface area contributed by atoms with Crippen LogP contribution in [-0.4, -0.2) is 35.3 Å². The maximum Gasteiger partial charge on any atom is 0.573 e. The SMILES string of the molecule is O=S(=O)(Nc1nc(Br)nn1-c1ccc(OC(F)(F)F)cc1)C(F)F. The monoisotopic (exact) mass is 436 g/mol. The molecule has 0 atom stereocenters. The Kier molecular flexibility index (Phi) is 4.98. The summed E-state index contributed by atoms with van der Waals surface area (Å²) in [6, 6.07) is 4.07. The van der Waals surface area contributed by atoms with E-state index in [1.807, 2.05) is 0 Å². The number of sulfonamides is 1. The zero-order valence-electron chi connectivity index (χ0n) is 11.1. The van der Waals surface area contributed by atoms with Gasteiger partial charge in [-0.3, -0.25) is 0 Å². The summed E-state index contributed by atoms with van der Waals surface area (Å²) in [5, 5.41) is 3.72. The van der Waals surface area contributed by atoms with Gasteiger partial charge in [-0.25, -0.2) is 13.1 Å². The van der Waals surface area contributed by atoms with Crippen LogP contribution in [0, 0.1) is 0 Å². The number of benzene rings is 1. The van der Waals surface area contributed by atoms with Gasteiger partial charge in [0.15, 0.2) is 0 Å². The molecule has 1 N–H and O–H groups in total. The van der Waals surface area contributed by atoms with Crippen molar-refractivity contribution in [3.8, 4) is 11.4 Å². The summed E-state index contributed by atoms with van der Waals surface area (Å²) in [5.41, 5.74) is 0.0506. The molecule has 1 aromatic heterocycles. The smallest absolute Gasteiger partial charge is 0.406 e. The van der Waals surface area contributed by atoms with Crippen molar-refractivity contribution in [1.29, 1.82) is 0 Å². The van der Waals surface area contributed by atoms with E-state index in [1.165, 1.54) is 4.72 Å². The maximum atomic E-state index is 12.4. The van der Waals surface area contributed by atoms with Gasteiger partial charge in [-0.1, -0.05) is 0 Å². The highest BCUT2D eigenvalue weighted by atomic mass is 79.9. The molecule has 0 amide bonds. The zero-order chi connectivity index (χ0) is 18.1. The van der Waals surface area contributed by atoms with E-state index >= 15 is 0 Å². The first-order chi connectivity index (χ1) is 11.0. The van der Waals surface area contributed by atoms with Crippen molar-refractivity contribution in [3.63, 3.8) is 0 Å². The number of alkyl halides is 5. The number of halogens is 6.